The van der Waals surface area contributed by atoms with Crippen LogP contribution < -0.4 is 5.32 Å². The molecule has 0 saturated carbocycles. The standard InChI is InChI=1S/C11H11N5/c12-6-9-2-1-3-11(16-9)14-5-4-10-7-13-8-15-10/h1-3,7-8H,4-5H2,(H,13,15)(H,14,16). The zero-order chi connectivity index (χ0) is 11.2. The molecular formula is C11H11N5. The Balaban J connectivity index is 1.88. The second-order valence-corrected chi connectivity index (χ2v) is 3.27. The highest BCUT2D eigenvalue weighted by molar-refractivity contribution is 5.38. The fraction of sp³-hybridized carbons (Fsp3) is 0.182. The second kappa shape index (κ2) is 4.94. The Labute approximate surface area is 93.2 Å². The molecule has 0 aliphatic heterocycles. The number of H-pyrrole nitrogens is 1. The molecule has 2 rings (SSSR count). The maximum atomic E-state index is 8.68. The van der Waals surface area contributed by atoms with E-state index in [0.717, 1.165) is 24.5 Å². The second-order valence-electron chi connectivity index (χ2n) is 3.27. The summed E-state index contributed by atoms with van der Waals surface area (Å²) in [6.07, 6.45) is 4.29. The van der Waals surface area contributed by atoms with Crippen LogP contribution in [0.15, 0.2) is 30.7 Å². The number of pyridine rings is 1. The van der Waals surface area contributed by atoms with Crippen LogP contribution in [0.3, 0.4) is 0 Å². The summed E-state index contributed by atoms with van der Waals surface area (Å²) in [4.78, 5) is 11.1. The zero-order valence-electron chi connectivity index (χ0n) is 8.64. The van der Waals surface area contributed by atoms with Gasteiger partial charge in [-0.1, -0.05) is 6.07 Å². The van der Waals surface area contributed by atoms with Crippen molar-refractivity contribution in [2.75, 3.05) is 11.9 Å². The quantitative estimate of drug-likeness (QED) is 0.803. The highest BCUT2D eigenvalue weighted by atomic mass is 15.0. The van der Waals surface area contributed by atoms with Crippen molar-refractivity contribution in [3.05, 3.63) is 42.1 Å². The first-order valence-electron chi connectivity index (χ1n) is 4.97. The van der Waals surface area contributed by atoms with Crippen molar-refractivity contribution in [2.24, 2.45) is 0 Å². The molecule has 2 aromatic heterocycles. The van der Waals surface area contributed by atoms with Crippen LogP contribution in [-0.2, 0) is 6.42 Å². The number of nitrogens with zero attached hydrogens (tertiary/aromatic N) is 3. The monoisotopic (exact) mass is 213 g/mol. The van der Waals surface area contributed by atoms with Crippen molar-refractivity contribution in [2.45, 2.75) is 6.42 Å². The lowest BCUT2D eigenvalue weighted by atomic mass is 10.3. The van der Waals surface area contributed by atoms with Crippen molar-refractivity contribution >= 4 is 5.82 Å². The van der Waals surface area contributed by atoms with Gasteiger partial charge in [0.05, 0.1) is 6.33 Å². The largest absolute Gasteiger partial charge is 0.370 e. The number of imidazole rings is 1. The zero-order valence-corrected chi connectivity index (χ0v) is 8.64. The number of aromatic nitrogens is 3. The Morgan fingerprint density at radius 1 is 1.44 bits per heavy atom. The molecule has 0 unspecified atom stereocenters. The van der Waals surface area contributed by atoms with E-state index in [1.807, 2.05) is 18.2 Å². The van der Waals surface area contributed by atoms with E-state index in [-0.39, 0.29) is 0 Å². The van der Waals surface area contributed by atoms with Crippen LogP contribution in [0.25, 0.3) is 0 Å². The number of hydrogen-bond donors (Lipinski definition) is 2. The Morgan fingerprint density at radius 2 is 2.38 bits per heavy atom. The molecule has 2 heterocycles. The van der Waals surface area contributed by atoms with Gasteiger partial charge in [0.2, 0.25) is 0 Å². The van der Waals surface area contributed by atoms with Crippen LogP contribution in [0.1, 0.15) is 11.4 Å². The van der Waals surface area contributed by atoms with Gasteiger partial charge in [-0.05, 0) is 12.1 Å². The van der Waals surface area contributed by atoms with E-state index in [2.05, 4.69) is 20.3 Å². The highest BCUT2D eigenvalue weighted by Gasteiger charge is 1.97. The number of nitriles is 1. The molecule has 2 N–H and O–H groups in total. The minimum Gasteiger partial charge on any atom is -0.370 e. The third-order valence-corrected chi connectivity index (χ3v) is 2.12. The van der Waals surface area contributed by atoms with Crippen molar-refractivity contribution in [1.29, 1.82) is 5.26 Å². The Bertz CT molecular complexity index is 483. The van der Waals surface area contributed by atoms with Crippen molar-refractivity contribution in [3.8, 4) is 6.07 Å². The molecular weight excluding hydrogens is 202 g/mol. The highest BCUT2D eigenvalue weighted by Crippen LogP contribution is 2.04. The lowest BCUT2D eigenvalue weighted by Crippen LogP contribution is -2.06. The topological polar surface area (TPSA) is 77.4 Å². The first-order chi connectivity index (χ1) is 7.88. The average molecular weight is 213 g/mol. The van der Waals surface area contributed by atoms with Crippen LogP contribution >= 0.6 is 0 Å². The maximum Gasteiger partial charge on any atom is 0.142 e. The van der Waals surface area contributed by atoms with Gasteiger partial charge < -0.3 is 10.3 Å². The molecule has 0 radical (unpaired) electrons. The van der Waals surface area contributed by atoms with Gasteiger partial charge in [0.25, 0.3) is 0 Å². The van der Waals surface area contributed by atoms with E-state index in [0.29, 0.717) is 5.69 Å². The summed E-state index contributed by atoms with van der Waals surface area (Å²) in [6, 6.07) is 7.34. The average Bonchev–Trinajstić information content (AvgIpc) is 2.82. The lowest BCUT2D eigenvalue weighted by molar-refractivity contribution is 0.967. The number of rotatable bonds is 4. The van der Waals surface area contributed by atoms with E-state index >= 15 is 0 Å². The summed E-state index contributed by atoms with van der Waals surface area (Å²) in [5, 5.41) is 11.8. The van der Waals surface area contributed by atoms with Gasteiger partial charge in [0, 0.05) is 24.9 Å². The number of hydrogen-bond acceptors (Lipinski definition) is 4. The van der Waals surface area contributed by atoms with Crippen LogP contribution in [0.5, 0.6) is 0 Å². The molecule has 0 fully saturated rings. The molecule has 0 atom stereocenters. The van der Waals surface area contributed by atoms with Crippen molar-refractivity contribution < 1.29 is 0 Å². The molecule has 0 amide bonds. The summed E-state index contributed by atoms with van der Waals surface area (Å²) < 4.78 is 0. The first-order valence-corrected chi connectivity index (χ1v) is 4.97. The first kappa shape index (κ1) is 10.2. The van der Waals surface area contributed by atoms with Gasteiger partial charge in [0.1, 0.15) is 17.6 Å². The molecule has 0 aliphatic rings. The smallest absolute Gasteiger partial charge is 0.142 e. The minimum absolute atomic E-state index is 0.423. The molecule has 0 bridgehead atoms. The Hall–Kier alpha value is -2.35. The fourth-order valence-electron chi connectivity index (χ4n) is 1.34. The molecule has 0 aromatic carbocycles. The Kier molecular flexibility index (Phi) is 3.14. The van der Waals surface area contributed by atoms with E-state index in [9.17, 15) is 0 Å². The third-order valence-electron chi connectivity index (χ3n) is 2.12. The number of nitrogens with one attached hydrogen (secondary N) is 2. The van der Waals surface area contributed by atoms with Gasteiger partial charge in [-0.25, -0.2) is 9.97 Å². The van der Waals surface area contributed by atoms with Crippen LogP contribution in [0.2, 0.25) is 0 Å². The molecule has 0 spiro atoms. The third kappa shape index (κ3) is 2.58. The van der Waals surface area contributed by atoms with Crippen molar-refractivity contribution in [3.63, 3.8) is 0 Å². The molecule has 0 saturated heterocycles. The summed E-state index contributed by atoms with van der Waals surface area (Å²) in [7, 11) is 0. The fourth-order valence-corrected chi connectivity index (χ4v) is 1.34. The van der Waals surface area contributed by atoms with E-state index in [4.69, 9.17) is 5.26 Å². The summed E-state index contributed by atoms with van der Waals surface area (Å²) in [5.41, 5.74) is 1.50. The maximum absolute atomic E-state index is 8.68. The normalized spacial score (nSPS) is 9.69. The van der Waals surface area contributed by atoms with E-state index in [1.54, 1.807) is 18.6 Å². The molecule has 5 nitrogen and oxygen atoms in total. The van der Waals surface area contributed by atoms with Crippen LogP contribution in [0, 0.1) is 11.3 Å². The van der Waals surface area contributed by atoms with Gasteiger partial charge in [-0.15, -0.1) is 0 Å². The minimum atomic E-state index is 0.423. The summed E-state index contributed by atoms with van der Waals surface area (Å²) in [6.45, 7) is 0.754. The molecule has 0 aliphatic carbocycles. The van der Waals surface area contributed by atoms with Gasteiger partial charge in [0.15, 0.2) is 0 Å². The number of anilines is 1. The van der Waals surface area contributed by atoms with E-state index < -0.39 is 0 Å². The molecule has 2 aromatic rings. The summed E-state index contributed by atoms with van der Waals surface area (Å²) in [5.74, 6) is 0.721. The van der Waals surface area contributed by atoms with Crippen LogP contribution in [0.4, 0.5) is 5.82 Å². The molecule has 80 valence electrons. The predicted molar refractivity (Wildman–Crippen MR) is 59.7 cm³/mol. The van der Waals surface area contributed by atoms with Crippen LogP contribution in [-0.4, -0.2) is 21.5 Å². The lowest BCUT2D eigenvalue weighted by Gasteiger charge is -2.03. The Morgan fingerprint density at radius 3 is 3.12 bits per heavy atom. The van der Waals surface area contributed by atoms with Crippen molar-refractivity contribution in [1.82, 2.24) is 15.0 Å². The summed E-state index contributed by atoms with van der Waals surface area (Å²) >= 11 is 0. The molecule has 16 heavy (non-hydrogen) atoms. The number of aromatic amines is 1. The van der Waals surface area contributed by atoms with Gasteiger partial charge in [-0.3, -0.25) is 0 Å². The van der Waals surface area contributed by atoms with Gasteiger partial charge in [-0.2, -0.15) is 5.26 Å². The van der Waals surface area contributed by atoms with Gasteiger partial charge >= 0.3 is 0 Å². The predicted octanol–water partition coefficient (Wildman–Crippen LogP) is 1.33. The SMILES string of the molecule is N#Cc1cccc(NCCc2cnc[nH]2)n1. The van der Waals surface area contributed by atoms with E-state index in [1.165, 1.54) is 0 Å². The molecule has 5 heteroatoms.